The number of ether oxygens (including phenoxy) is 1. The zero-order chi connectivity index (χ0) is 12.7. The third-order valence-corrected chi connectivity index (χ3v) is 4.21. The molecule has 0 radical (unpaired) electrons. The number of anilines is 1. The van der Waals surface area contributed by atoms with Crippen LogP contribution in [0.25, 0.3) is 11.2 Å². The molecule has 0 spiro atoms. The first-order chi connectivity index (χ1) is 9.43. The fourth-order valence-electron chi connectivity index (χ4n) is 3.33. The Morgan fingerprint density at radius 2 is 2.16 bits per heavy atom. The zero-order valence-corrected chi connectivity index (χ0v) is 10.7. The van der Waals surface area contributed by atoms with Crippen LogP contribution in [0, 0.1) is 0 Å². The molecule has 0 unspecified atom stereocenters. The molecule has 0 amide bonds. The largest absolute Gasteiger partial charge is 0.374 e. The van der Waals surface area contributed by atoms with Crippen LogP contribution in [0.15, 0.2) is 12.7 Å². The minimum Gasteiger partial charge on any atom is -0.374 e. The normalized spacial score (nSPS) is 27.5. The predicted molar refractivity (Wildman–Crippen MR) is 71.0 cm³/mol. The summed E-state index contributed by atoms with van der Waals surface area (Å²) in [6.45, 7) is 1.67. The molecular formula is C13H17N5O. The van der Waals surface area contributed by atoms with Gasteiger partial charge < -0.3 is 14.6 Å². The first kappa shape index (κ1) is 11.2. The summed E-state index contributed by atoms with van der Waals surface area (Å²) in [6.07, 6.45) is 8.54. The van der Waals surface area contributed by atoms with E-state index in [-0.39, 0.29) is 0 Å². The molecule has 1 saturated heterocycles. The van der Waals surface area contributed by atoms with Gasteiger partial charge in [-0.3, -0.25) is 0 Å². The van der Waals surface area contributed by atoms with E-state index in [2.05, 4.69) is 24.8 Å². The van der Waals surface area contributed by atoms with E-state index in [1.54, 1.807) is 12.7 Å². The van der Waals surface area contributed by atoms with Crippen LogP contribution in [0.1, 0.15) is 25.7 Å². The second-order valence-electron chi connectivity index (χ2n) is 5.25. The van der Waals surface area contributed by atoms with Crippen LogP contribution in [0.5, 0.6) is 0 Å². The predicted octanol–water partition coefficient (Wildman–Crippen LogP) is 1.50. The third kappa shape index (κ3) is 1.78. The van der Waals surface area contributed by atoms with Crippen molar-refractivity contribution in [2.45, 2.75) is 37.8 Å². The highest BCUT2D eigenvalue weighted by Gasteiger charge is 2.35. The van der Waals surface area contributed by atoms with Crippen molar-refractivity contribution >= 4 is 17.0 Å². The van der Waals surface area contributed by atoms with Gasteiger partial charge in [0.2, 0.25) is 0 Å². The summed E-state index contributed by atoms with van der Waals surface area (Å²) in [5.74, 6) is 0.975. The number of aromatic amines is 1. The van der Waals surface area contributed by atoms with Crippen LogP contribution >= 0.6 is 0 Å². The second kappa shape index (κ2) is 4.45. The molecule has 4 rings (SSSR count). The molecule has 1 N–H and O–H groups in total. The lowest BCUT2D eigenvalue weighted by atomic mass is 9.90. The highest BCUT2D eigenvalue weighted by atomic mass is 16.5. The average Bonchev–Trinajstić information content (AvgIpc) is 2.95. The van der Waals surface area contributed by atoms with Crippen molar-refractivity contribution in [1.29, 1.82) is 0 Å². The summed E-state index contributed by atoms with van der Waals surface area (Å²) < 4.78 is 5.92. The number of aromatic nitrogens is 4. The van der Waals surface area contributed by atoms with Crippen molar-refractivity contribution in [2.75, 3.05) is 18.1 Å². The molecule has 1 aliphatic carbocycles. The van der Waals surface area contributed by atoms with Crippen LogP contribution < -0.4 is 4.90 Å². The molecule has 2 aromatic rings. The van der Waals surface area contributed by atoms with E-state index in [1.807, 2.05) is 0 Å². The van der Waals surface area contributed by atoms with Gasteiger partial charge in [-0.15, -0.1) is 0 Å². The zero-order valence-electron chi connectivity index (χ0n) is 10.7. The van der Waals surface area contributed by atoms with E-state index in [0.29, 0.717) is 12.1 Å². The lowest BCUT2D eigenvalue weighted by Gasteiger charge is -2.44. The Labute approximate surface area is 111 Å². The lowest BCUT2D eigenvalue weighted by molar-refractivity contribution is -0.00888. The van der Waals surface area contributed by atoms with Gasteiger partial charge in [-0.25, -0.2) is 15.0 Å². The van der Waals surface area contributed by atoms with E-state index in [0.717, 1.165) is 30.1 Å². The van der Waals surface area contributed by atoms with E-state index in [4.69, 9.17) is 4.74 Å². The molecule has 6 nitrogen and oxygen atoms in total. The second-order valence-corrected chi connectivity index (χ2v) is 5.25. The van der Waals surface area contributed by atoms with Crippen LogP contribution in [0.4, 0.5) is 5.82 Å². The van der Waals surface area contributed by atoms with Crippen molar-refractivity contribution in [1.82, 2.24) is 19.9 Å². The Bertz CT molecular complexity index is 581. The number of hydrogen-bond acceptors (Lipinski definition) is 5. The van der Waals surface area contributed by atoms with Crippen molar-refractivity contribution < 1.29 is 4.74 Å². The Balaban J connectivity index is 1.75. The summed E-state index contributed by atoms with van der Waals surface area (Å²) in [6, 6.07) is 0.448. The maximum absolute atomic E-state index is 5.92. The van der Waals surface area contributed by atoms with Gasteiger partial charge in [0.05, 0.1) is 25.1 Å². The summed E-state index contributed by atoms with van der Waals surface area (Å²) >= 11 is 0. The summed E-state index contributed by atoms with van der Waals surface area (Å²) in [5.41, 5.74) is 1.68. The Hall–Kier alpha value is -1.69. The molecule has 2 aliphatic rings. The fourth-order valence-corrected chi connectivity index (χ4v) is 3.33. The molecule has 2 fully saturated rings. The number of nitrogens with one attached hydrogen (secondary N) is 1. The highest BCUT2D eigenvalue weighted by Crippen LogP contribution is 2.32. The first-order valence-corrected chi connectivity index (χ1v) is 6.96. The smallest absolute Gasteiger partial charge is 0.182 e. The van der Waals surface area contributed by atoms with Crippen LogP contribution in [-0.4, -0.2) is 45.2 Å². The molecular weight excluding hydrogens is 242 g/mol. The van der Waals surface area contributed by atoms with Gasteiger partial charge in [-0.2, -0.15) is 0 Å². The van der Waals surface area contributed by atoms with E-state index in [1.165, 1.54) is 25.7 Å². The molecule has 3 heterocycles. The minimum absolute atomic E-state index is 0.357. The maximum atomic E-state index is 5.92. The number of morpholine rings is 1. The molecule has 1 saturated carbocycles. The molecule has 0 aromatic carbocycles. The van der Waals surface area contributed by atoms with Gasteiger partial charge in [-0.1, -0.05) is 12.8 Å². The van der Waals surface area contributed by atoms with Gasteiger partial charge >= 0.3 is 0 Å². The van der Waals surface area contributed by atoms with Crippen LogP contribution in [-0.2, 0) is 4.74 Å². The minimum atomic E-state index is 0.357. The molecule has 6 heteroatoms. The van der Waals surface area contributed by atoms with Gasteiger partial charge in [-0.05, 0) is 12.8 Å². The van der Waals surface area contributed by atoms with Gasteiger partial charge in [0.15, 0.2) is 11.5 Å². The van der Waals surface area contributed by atoms with Gasteiger partial charge in [0, 0.05) is 6.54 Å². The standard InChI is InChI=1S/C13H17N5O/c1-2-4-10-9(3-1)18(5-6-19-10)13-11-12(15-7-14-11)16-8-17-13/h7-10H,1-6H2,(H,14,15,16,17)/t9-,10-/m0/s1. The highest BCUT2D eigenvalue weighted by molar-refractivity contribution is 5.82. The maximum Gasteiger partial charge on any atom is 0.182 e. The Morgan fingerprint density at radius 1 is 1.21 bits per heavy atom. The number of imidazole rings is 1. The SMILES string of the molecule is c1nc(N2CCO[C@H]3CCCC[C@@H]32)c2[nH]cnc2n1. The molecule has 100 valence electrons. The summed E-state index contributed by atoms with van der Waals surface area (Å²) in [4.78, 5) is 18.4. The van der Waals surface area contributed by atoms with Crippen molar-refractivity contribution in [3.8, 4) is 0 Å². The average molecular weight is 259 g/mol. The molecule has 2 atom stereocenters. The summed E-state index contributed by atoms with van der Waals surface area (Å²) in [5, 5.41) is 0. The number of nitrogens with zero attached hydrogens (tertiary/aromatic N) is 4. The van der Waals surface area contributed by atoms with E-state index >= 15 is 0 Å². The first-order valence-electron chi connectivity index (χ1n) is 6.96. The third-order valence-electron chi connectivity index (χ3n) is 4.21. The van der Waals surface area contributed by atoms with Gasteiger partial charge in [0.25, 0.3) is 0 Å². The number of fused-ring (bicyclic) bond motifs is 2. The van der Waals surface area contributed by atoms with Crippen molar-refractivity contribution in [2.24, 2.45) is 0 Å². The van der Waals surface area contributed by atoms with E-state index in [9.17, 15) is 0 Å². The van der Waals surface area contributed by atoms with Crippen LogP contribution in [0.3, 0.4) is 0 Å². The number of H-pyrrole nitrogens is 1. The van der Waals surface area contributed by atoms with Crippen molar-refractivity contribution in [3.63, 3.8) is 0 Å². The molecule has 2 aromatic heterocycles. The van der Waals surface area contributed by atoms with Crippen LogP contribution in [0.2, 0.25) is 0 Å². The molecule has 19 heavy (non-hydrogen) atoms. The fraction of sp³-hybridized carbons (Fsp3) is 0.615. The Morgan fingerprint density at radius 3 is 3.16 bits per heavy atom. The van der Waals surface area contributed by atoms with E-state index < -0.39 is 0 Å². The summed E-state index contributed by atoms with van der Waals surface area (Å²) in [7, 11) is 0. The lowest BCUT2D eigenvalue weighted by Crippen LogP contribution is -2.53. The number of hydrogen-bond donors (Lipinski definition) is 1. The van der Waals surface area contributed by atoms with Gasteiger partial charge in [0.1, 0.15) is 11.8 Å². The Kier molecular flexibility index (Phi) is 2.61. The number of rotatable bonds is 1. The molecule has 1 aliphatic heterocycles. The molecule has 0 bridgehead atoms. The quantitative estimate of drug-likeness (QED) is 0.840. The monoisotopic (exact) mass is 259 g/mol. The topological polar surface area (TPSA) is 66.9 Å². The van der Waals surface area contributed by atoms with Crippen molar-refractivity contribution in [3.05, 3.63) is 12.7 Å².